The van der Waals surface area contributed by atoms with Crippen molar-refractivity contribution in [1.82, 2.24) is 9.97 Å². The molecule has 2 rings (SSSR count). The molecule has 1 N–H and O–H groups in total. The lowest BCUT2D eigenvalue weighted by Gasteiger charge is -2.11. The van der Waals surface area contributed by atoms with E-state index in [9.17, 15) is 4.39 Å². The predicted molar refractivity (Wildman–Crippen MR) is 76.3 cm³/mol. The fourth-order valence-corrected chi connectivity index (χ4v) is 1.63. The van der Waals surface area contributed by atoms with Crippen LogP contribution in [0.1, 0.15) is 25.0 Å². The van der Waals surface area contributed by atoms with Gasteiger partial charge in [0.25, 0.3) is 0 Å². The van der Waals surface area contributed by atoms with Crippen molar-refractivity contribution < 1.29 is 9.13 Å². The summed E-state index contributed by atoms with van der Waals surface area (Å²) in [5, 5.41) is 2.91. The predicted octanol–water partition coefficient (Wildman–Crippen LogP) is 3.32. The van der Waals surface area contributed by atoms with E-state index >= 15 is 0 Å². The highest BCUT2D eigenvalue weighted by Gasteiger charge is 2.08. The fraction of sp³-hybridized carbons (Fsp3) is 0.333. The van der Waals surface area contributed by atoms with Crippen LogP contribution in [-0.2, 0) is 6.61 Å². The molecule has 0 saturated carbocycles. The van der Waals surface area contributed by atoms with Gasteiger partial charge in [-0.2, -0.15) is 4.98 Å². The van der Waals surface area contributed by atoms with Crippen molar-refractivity contribution >= 4 is 5.82 Å². The van der Waals surface area contributed by atoms with E-state index in [0.717, 1.165) is 11.8 Å². The van der Waals surface area contributed by atoms with Crippen molar-refractivity contribution in [2.45, 2.75) is 33.4 Å². The smallest absolute Gasteiger partial charge is 0.318 e. The van der Waals surface area contributed by atoms with Gasteiger partial charge in [0, 0.05) is 6.04 Å². The number of halogens is 1. The van der Waals surface area contributed by atoms with Crippen molar-refractivity contribution in [3.05, 3.63) is 47.4 Å². The molecule has 2 aromatic rings. The monoisotopic (exact) mass is 275 g/mol. The van der Waals surface area contributed by atoms with Crippen LogP contribution in [0.2, 0.25) is 0 Å². The van der Waals surface area contributed by atoms with Gasteiger partial charge in [0.05, 0.1) is 6.20 Å². The standard InChI is InChI=1S/C15H18FN3O/c1-10(2)18-14-13(16)8-17-15(19-14)20-9-12-6-4-11(3)5-7-12/h4-8,10H,9H2,1-3H3,(H,17,18,19). The van der Waals surface area contributed by atoms with E-state index in [1.807, 2.05) is 45.0 Å². The molecule has 0 spiro atoms. The number of nitrogens with one attached hydrogen (secondary N) is 1. The number of rotatable bonds is 5. The van der Waals surface area contributed by atoms with Crippen LogP contribution in [0.5, 0.6) is 6.01 Å². The molecule has 0 aliphatic carbocycles. The van der Waals surface area contributed by atoms with Crippen molar-refractivity contribution in [3.63, 3.8) is 0 Å². The normalized spacial score (nSPS) is 10.7. The maximum Gasteiger partial charge on any atom is 0.318 e. The first-order valence-electron chi connectivity index (χ1n) is 6.52. The van der Waals surface area contributed by atoms with Crippen molar-refractivity contribution in [2.24, 2.45) is 0 Å². The van der Waals surface area contributed by atoms with Crippen LogP contribution in [0.25, 0.3) is 0 Å². The summed E-state index contributed by atoms with van der Waals surface area (Å²) in [5.74, 6) is -0.324. The van der Waals surface area contributed by atoms with Crippen LogP contribution in [-0.4, -0.2) is 16.0 Å². The molecule has 106 valence electrons. The molecule has 0 aliphatic heterocycles. The number of aromatic nitrogens is 2. The number of anilines is 1. The Hall–Kier alpha value is -2.17. The highest BCUT2D eigenvalue weighted by molar-refractivity contribution is 5.36. The molecular weight excluding hydrogens is 257 g/mol. The van der Waals surface area contributed by atoms with Gasteiger partial charge in [0.15, 0.2) is 11.6 Å². The van der Waals surface area contributed by atoms with Gasteiger partial charge < -0.3 is 10.1 Å². The molecule has 0 fully saturated rings. The summed E-state index contributed by atoms with van der Waals surface area (Å²) < 4.78 is 19.0. The molecule has 0 saturated heterocycles. The third-order valence-corrected chi connectivity index (χ3v) is 2.64. The topological polar surface area (TPSA) is 47.0 Å². The minimum atomic E-state index is -0.485. The minimum absolute atomic E-state index is 0.0874. The van der Waals surface area contributed by atoms with E-state index in [0.29, 0.717) is 6.61 Å². The number of aryl methyl sites for hydroxylation is 1. The Labute approximate surface area is 118 Å². The first kappa shape index (κ1) is 14.2. The molecular formula is C15H18FN3O. The van der Waals surface area contributed by atoms with Gasteiger partial charge in [-0.3, -0.25) is 0 Å². The molecule has 0 radical (unpaired) electrons. The Bertz CT molecular complexity index is 570. The maximum absolute atomic E-state index is 13.5. The van der Waals surface area contributed by atoms with E-state index in [1.54, 1.807) is 0 Å². The van der Waals surface area contributed by atoms with Gasteiger partial charge >= 0.3 is 6.01 Å². The summed E-state index contributed by atoms with van der Waals surface area (Å²) in [6, 6.07) is 8.23. The Morgan fingerprint density at radius 1 is 1.25 bits per heavy atom. The van der Waals surface area contributed by atoms with Gasteiger partial charge in [-0.15, -0.1) is 0 Å². The van der Waals surface area contributed by atoms with Crippen molar-refractivity contribution in [3.8, 4) is 6.01 Å². The van der Waals surface area contributed by atoms with E-state index < -0.39 is 5.82 Å². The Balaban J connectivity index is 2.04. The Morgan fingerprint density at radius 3 is 2.60 bits per heavy atom. The highest BCUT2D eigenvalue weighted by atomic mass is 19.1. The number of benzene rings is 1. The van der Waals surface area contributed by atoms with Crippen LogP contribution < -0.4 is 10.1 Å². The highest BCUT2D eigenvalue weighted by Crippen LogP contribution is 2.15. The molecule has 1 aromatic carbocycles. The SMILES string of the molecule is Cc1ccc(COc2ncc(F)c(NC(C)C)n2)cc1. The number of ether oxygens (including phenoxy) is 1. The zero-order valence-corrected chi connectivity index (χ0v) is 11.9. The maximum atomic E-state index is 13.5. The summed E-state index contributed by atoms with van der Waals surface area (Å²) in [6.07, 6.45) is 1.11. The average molecular weight is 275 g/mol. The zero-order chi connectivity index (χ0) is 14.5. The molecule has 20 heavy (non-hydrogen) atoms. The molecule has 0 atom stereocenters. The van der Waals surface area contributed by atoms with Gasteiger partial charge in [0.1, 0.15) is 6.61 Å². The number of nitrogens with zero attached hydrogens (tertiary/aromatic N) is 2. The number of hydrogen-bond acceptors (Lipinski definition) is 4. The fourth-order valence-electron chi connectivity index (χ4n) is 1.63. The molecule has 0 bridgehead atoms. The number of hydrogen-bond donors (Lipinski definition) is 1. The molecule has 0 aliphatic rings. The average Bonchev–Trinajstić information content (AvgIpc) is 2.41. The van der Waals surface area contributed by atoms with Gasteiger partial charge in [-0.25, -0.2) is 9.37 Å². The summed E-state index contributed by atoms with van der Waals surface area (Å²) in [7, 11) is 0. The second-order valence-corrected chi connectivity index (χ2v) is 4.92. The lowest BCUT2D eigenvalue weighted by Crippen LogP contribution is -2.13. The molecule has 4 nitrogen and oxygen atoms in total. The van der Waals surface area contributed by atoms with E-state index in [4.69, 9.17) is 4.74 Å². The van der Waals surface area contributed by atoms with Gasteiger partial charge in [0.2, 0.25) is 0 Å². The molecule has 5 heteroatoms. The Morgan fingerprint density at radius 2 is 1.95 bits per heavy atom. The van der Waals surface area contributed by atoms with Crippen LogP contribution in [0.4, 0.5) is 10.2 Å². The largest absolute Gasteiger partial charge is 0.459 e. The Kier molecular flexibility index (Phi) is 4.50. The van der Waals surface area contributed by atoms with Crippen LogP contribution in [0.3, 0.4) is 0 Å². The van der Waals surface area contributed by atoms with Crippen LogP contribution >= 0.6 is 0 Å². The minimum Gasteiger partial charge on any atom is -0.459 e. The first-order valence-corrected chi connectivity index (χ1v) is 6.52. The van der Waals surface area contributed by atoms with Crippen LogP contribution in [0.15, 0.2) is 30.5 Å². The third kappa shape index (κ3) is 3.91. The van der Waals surface area contributed by atoms with E-state index in [1.165, 1.54) is 5.56 Å². The zero-order valence-electron chi connectivity index (χ0n) is 11.9. The summed E-state index contributed by atoms with van der Waals surface area (Å²) in [6.45, 7) is 6.20. The van der Waals surface area contributed by atoms with Crippen molar-refractivity contribution in [2.75, 3.05) is 5.32 Å². The lowest BCUT2D eigenvalue weighted by atomic mass is 10.2. The molecule has 1 aromatic heterocycles. The van der Waals surface area contributed by atoms with Gasteiger partial charge in [-0.05, 0) is 26.3 Å². The molecule has 1 heterocycles. The van der Waals surface area contributed by atoms with Crippen LogP contribution in [0, 0.1) is 12.7 Å². The summed E-state index contributed by atoms with van der Waals surface area (Å²) in [4.78, 5) is 7.86. The first-order chi connectivity index (χ1) is 9.54. The van der Waals surface area contributed by atoms with E-state index in [2.05, 4.69) is 15.3 Å². The second kappa shape index (κ2) is 6.32. The summed E-state index contributed by atoms with van der Waals surface area (Å²) >= 11 is 0. The third-order valence-electron chi connectivity index (χ3n) is 2.64. The molecule has 0 unspecified atom stereocenters. The quantitative estimate of drug-likeness (QED) is 0.909. The lowest BCUT2D eigenvalue weighted by molar-refractivity contribution is 0.280. The van der Waals surface area contributed by atoms with E-state index in [-0.39, 0.29) is 17.9 Å². The van der Waals surface area contributed by atoms with Crippen molar-refractivity contribution in [1.29, 1.82) is 0 Å². The summed E-state index contributed by atoms with van der Waals surface area (Å²) in [5.41, 5.74) is 2.21. The molecule has 0 amide bonds. The van der Waals surface area contributed by atoms with Gasteiger partial charge in [-0.1, -0.05) is 29.8 Å². The second-order valence-electron chi connectivity index (χ2n) is 4.92.